The van der Waals surface area contributed by atoms with Crippen LogP contribution in [0.15, 0.2) is 40.9 Å². The van der Waals surface area contributed by atoms with Crippen molar-refractivity contribution in [2.45, 2.75) is 19.4 Å². The zero-order chi connectivity index (χ0) is 14.7. The van der Waals surface area contributed by atoms with Gasteiger partial charge >= 0.3 is 0 Å². The van der Waals surface area contributed by atoms with E-state index in [4.69, 9.17) is 0 Å². The molecule has 1 unspecified atom stereocenters. The Labute approximate surface area is 126 Å². The first kappa shape index (κ1) is 15.1. The summed E-state index contributed by atoms with van der Waals surface area (Å²) in [5.74, 6) is -0.537. The molecule has 0 aliphatic rings. The van der Waals surface area contributed by atoms with Gasteiger partial charge in [0.2, 0.25) is 0 Å². The predicted molar refractivity (Wildman–Crippen MR) is 80.7 cm³/mol. The molecule has 20 heavy (non-hydrogen) atoms. The fourth-order valence-corrected chi connectivity index (χ4v) is 2.56. The number of benzene rings is 2. The van der Waals surface area contributed by atoms with Crippen LogP contribution in [0.25, 0.3) is 0 Å². The first-order valence-corrected chi connectivity index (χ1v) is 7.18. The van der Waals surface area contributed by atoms with E-state index in [-0.39, 0.29) is 17.7 Å². The van der Waals surface area contributed by atoms with E-state index in [1.165, 1.54) is 18.2 Å². The molecule has 0 heterocycles. The zero-order valence-electron chi connectivity index (χ0n) is 11.4. The Balaban J connectivity index is 2.31. The summed E-state index contributed by atoms with van der Waals surface area (Å²) in [6.07, 6.45) is 0.540. The van der Waals surface area contributed by atoms with Crippen LogP contribution < -0.4 is 5.32 Å². The standard InChI is InChI=1S/C16H16BrF2N/c1-10-3-5-13(18)7-11(10)8-16(20-2)14-6-4-12(17)9-15(14)19/h3-7,9,16,20H,8H2,1-2H3. The predicted octanol–water partition coefficient (Wildman–Crippen LogP) is 4.54. The van der Waals surface area contributed by atoms with Gasteiger partial charge in [-0.1, -0.05) is 28.1 Å². The van der Waals surface area contributed by atoms with Gasteiger partial charge in [0.1, 0.15) is 11.6 Å². The van der Waals surface area contributed by atoms with Crippen LogP contribution in [0, 0.1) is 18.6 Å². The molecule has 1 nitrogen and oxygen atoms in total. The Morgan fingerprint density at radius 2 is 1.90 bits per heavy atom. The van der Waals surface area contributed by atoms with E-state index in [2.05, 4.69) is 21.2 Å². The third-order valence-electron chi connectivity index (χ3n) is 3.42. The molecule has 0 saturated heterocycles. The second-order valence-electron chi connectivity index (χ2n) is 4.78. The summed E-state index contributed by atoms with van der Waals surface area (Å²) in [7, 11) is 1.78. The molecule has 1 N–H and O–H groups in total. The average molecular weight is 340 g/mol. The zero-order valence-corrected chi connectivity index (χ0v) is 13.0. The molecule has 1 atom stereocenters. The Kier molecular flexibility index (Phi) is 4.89. The molecule has 2 aromatic rings. The van der Waals surface area contributed by atoms with E-state index < -0.39 is 0 Å². The molecule has 0 radical (unpaired) electrons. The van der Waals surface area contributed by atoms with Crippen LogP contribution >= 0.6 is 15.9 Å². The summed E-state index contributed by atoms with van der Waals surface area (Å²) in [6.45, 7) is 1.93. The van der Waals surface area contributed by atoms with Crippen molar-refractivity contribution in [3.8, 4) is 0 Å². The van der Waals surface area contributed by atoms with Crippen LogP contribution in [0.3, 0.4) is 0 Å². The SMILES string of the molecule is CNC(Cc1cc(F)ccc1C)c1ccc(Br)cc1F. The van der Waals surface area contributed by atoms with Gasteiger partial charge in [0.25, 0.3) is 0 Å². The quantitative estimate of drug-likeness (QED) is 0.862. The maximum Gasteiger partial charge on any atom is 0.129 e. The van der Waals surface area contributed by atoms with Crippen molar-refractivity contribution in [3.05, 3.63) is 69.2 Å². The third kappa shape index (κ3) is 3.44. The number of likely N-dealkylation sites (N-methyl/N-ethyl adjacent to an activating group) is 1. The summed E-state index contributed by atoms with van der Waals surface area (Å²) in [5.41, 5.74) is 2.47. The van der Waals surface area contributed by atoms with Gasteiger partial charge in [-0.2, -0.15) is 0 Å². The minimum Gasteiger partial charge on any atom is -0.313 e. The van der Waals surface area contributed by atoms with Crippen LogP contribution in [0.4, 0.5) is 8.78 Å². The summed E-state index contributed by atoms with van der Waals surface area (Å²) < 4.78 is 28.1. The van der Waals surface area contributed by atoms with Crippen molar-refractivity contribution in [1.29, 1.82) is 0 Å². The van der Waals surface area contributed by atoms with Crippen LogP contribution in [0.2, 0.25) is 0 Å². The molecule has 0 spiro atoms. The largest absolute Gasteiger partial charge is 0.313 e. The smallest absolute Gasteiger partial charge is 0.129 e. The van der Waals surface area contributed by atoms with Crippen molar-refractivity contribution < 1.29 is 8.78 Å². The summed E-state index contributed by atoms with van der Waals surface area (Å²) in [4.78, 5) is 0. The number of hydrogen-bond donors (Lipinski definition) is 1. The Hall–Kier alpha value is -1.26. The highest BCUT2D eigenvalue weighted by Crippen LogP contribution is 2.25. The maximum absolute atomic E-state index is 14.0. The van der Waals surface area contributed by atoms with E-state index in [1.54, 1.807) is 25.2 Å². The van der Waals surface area contributed by atoms with Crippen LogP contribution in [-0.2, 0) is 6.42 Å². The maximum atomic E-state index is 14.0. The van der Waals surface area contributed by atoms with Gasteiger partial charge in [-0.15, -0.1) is 0 Å². The highest BCUT2D eigenvalue weighted by Gasteiger charge is 2.16. The molecule has 2 rings (SSSR count). The molecular formula is C16H16BrF2N. The van der Waals surface area contributed by atoms with Gasteiger partial charge in [0.15, 0.2) is 0 Å². The molecule has 106 valence electrons. The summed E-state index contributed by atoms with van der Waals surface area (Å²) in [5, 5.41) is 3.10. The molecule has 2 aromatic carbocycles. The van der Waals surface area contributed by atoms with Crippen molar-refractivity contribution in [2.75, 3.05) is 7.05 Å². The number of nitrogens with one attached hydrogen (secondary N) is 1. The second-order valence-corrected chi connectivity index (χ2v) is 5.70. The lowest BCUT2D eigenvalue weighted by atomic mass is 9.96. The topological polar surface area (TPSA) is 12.0 Å². The minimum absolute atomic E-state index is 0.191. The van der Waals surface area contributed by atoms with Crippen molar-refractivity contribution >= 4 is 15.9 Å². The highest BCUT2D eigenvalue weighted by atomic mass is 79.9. The molecule has 0 aliphatic heterocycles. The normalized spacial score (nSPS) is 12.4. The molecule has 0 aliphatic carbocycles. The Bertz CT molecular complexity index is 613. The second kappa shape index (κ2) is 6.46. The van der Waals surface area contributed by atoms with E-state index >= 15 is 0 Å². The molecule has 0 aromatic heterocycles. The fraction of sp³-hybridized carbons (Fsp3) is 0.250. The number of halogens is 3. The van der Waals surface area contributed by atoms with E-state index in [9.17, 15) is 8.78 Å². The Morgan fingerprint density at radius 1 is 1.15 bits per heavy atom. The van der Waals surface area contributed by atoms with Gasteiger partial charge in [-0.3, -0.25) is 0 Å². The Morgan fingerprint density at radius 3 is 2.55 bits per heavy atom. The van der Waals surface area contributed by atoms with Gasteiger partial charge < -0.3 is 5.32 Å². The fourth-order valence-electron chi connectivity index (χ4n) is 2.23. The molecular weight excluding hydrogens is 324 g/mol. The summed E-state index contributed by atoms with van der Waals surface area (Å²) >= 11 is 3.25. The number of rotatable bonds is 4. The molecule has 0 saturated carbocycles. The summed E-state index contributed by atoms with van der Waals surface area (Å²) in [6, 6.07) is 9.50. The first-order chi connectivity index (χ1) is 9.51. The lowest BCUT2D eigenvalue weighted by Gasteiger charge is -2.19. The van der Waals surface area contributed by atoms with E-state index in [0.717, 1.165) is 11.1 Å². The van der Waals surface area contributed by atoms with Gasteiger partial charge in [-0.25, -0.2) is 8.78 Å². The lowest BCUT2D eigenvalue weighted by molar-refractivity contribution is 0.531. The van der Waals surface area contributed by atoms with Crippen LogP contribution in [-0.4, -0.2) is 7.05 Å². The highest BCUT2D eigenvalue weighted by molar-refractivity contribution is 9.10. The van der Waals surface area contributed by atoms with Crippen LogP contribution in [0.1, 0.15) is 22.7 Å². The number of aryl methyl sites for hydroxylation is 1. The van der Waals surface area contributed by atoms with Crippen LogP contribution in [0.5, 0.6) is 0 Å². The third-order valence-corrected chi connectivity index (χ3v) is 3.91. The average Bonchev–Trinajstić information content (AvgIpc) is 2.40. The first-order valence-electron chi connectivity index (χ1n) is 6.38. The molecule has 0 amide bonds. The monoisotopic (exact) mass is 339 g/mol. The van der Waals surface area contributed by atoms with Crippen molar-refractivity contribution in [1.82, 2.24) is 5.32 Å². The van der Waals surface area contributed by atoms with Gasteiger partial charge in [0.05, 0.1) is 0 Å². The van der Waals surface area contributed by atoms with Crippen molar-refractivity contribution in [2.24, 2.45) is 0 Å². The van der Waals surface area contributed by atoms with Crippen molar-refractivity contribution in [3.63, 3.8) is 0 Å². The van der Waals surface area contributed by atoms with E-state index in [0.29, 0.717) is 16.5 Å². The van der Waals surface area contributed by atoms with E-state index in [1.807, 2.05) is 6.92 Å². The number of hydrogen-bond acceptors (Lipinski definition) is 1. The molecule has 0 bridgehead atoms. The molecule has 0 fully saturated rings. The van der Waals surface area contributed by atoms with Gasteiger partial charge in [0, 0.05) is 16.1 Å². The lowest BCUT2D eigenvalue weighted by Crippen LogP contribution is -2.20. The molecule has 4 heteroatoms. The van der Waals surface area contributed by atoms with Gasteiger partial charge in [-0.05, 0) is 55.8 Å². The minimum atomic E-state index is -0.271.